The van der Waals surface area contributed by atoms with Gasteiger partial charge in [-0.1, -0.05) is 12.1 Å². The lowest BCUT2D eigenvalue weighted by Gasteiger charge is -2.25. The number of sulfonamides is 1. The molecular formula is C14H24N2O3S. The van der Waals surface area contributed by atoms with Gasteiger partial charge in [-0.15, -0.1) is 0 Å². The molecule has 114 valence electrons. The van der Waals surface area contributed by atoms with E-state index in [0.717, 1.165) is 5.56 Å². The van der Waals surface area contributed by atoms with Crippen molar-refractivity contribution in [2.45, 2.75) is 37.3 Å². The maximum atomic E-state index is 12.4. The molecule has 1 aromatic rings. The highest BCUT2D eigenvalue weighted by Gasteiger charge is 2.26. The van der Waals surface area contributed by atoms with E-state index in [1.165, 1.54) is 11.4 Å². The monoisotopic (exact) mass is 300 g/mol. The minimum absolute atomic E-state index is 0.0456. The first kappa shape index (κ1) is 17.1. The zero-order valence-electron chi connectivity index (χ0n) is 12.7. The molecule has 0 amide bonds. The first-order valence-electron chi connectivity index (χ1n) is 6.54. The van der Waals surface area contributed by atoms with Crippen LogP contribution in [0.4, 0.5) is 0 Å². The Hall–Kier alpha value is -0.950. The van der Waals surface area contributed by atoms with Crippen LogP contribution in [0.1, 0.15) is 32.4 Å². The average molecular weight is 300 g/mol. The first-order valence-corrected chi connectivity index (χ1v) is 7.98. The summed E-state index contributed by atoms with van der Waals surface area (Å²) < 4.78 is 25.9. The van der Waals surface area contributed by atoms with E-state index >= 15 is 0 Å². The number of rotatable bonds is 6. The van der Waals surface area contributed by atoms with Gasteiger partial charge in [-0.25, -0.2) is 8.42 Å². The van der Waals surface area contributed by atoms with Crippen molar-refractivity contribution in [1.82, 2.24) is 9.62 Å². The van der Waals surface area contributed by atoms with Crippen molar-refractivity contribution >= 4 is 10.0 Å². The van der Waals surface area contributed by atoms with Crippen molar-refractivity contribution in [1.29, 1.82) is 0 Å². The highest BCUT2D eigenvalue weighted by Crippen LogP contribution is 2.19. The Morgan fingerprint density at radius 2 is 1.80 bits per heavy atom. The molecule has 0 bridgehead atoms. The number of aliphatic hydroxyl groups is 1. The molecule has 0 heterocycles. The molecule has 0 aliphatic carbocycles. The largest absolute Gasteiger partial charge is 0.389 e. The molecule has 0 fully saturated rings. The summed E-state index contributed by atoms with van der Waals surface area (Å²) in [6, 6.07) is 6.96. The van der Waals surface area contributed by atoms with Crippen molar-refractivity contribution in [2.75, 3.05) is 20.6 Å². The summed E-state index contributed by atoms with van der Waals surface area (Å²) in [7, 11) is -0.245. The Bertz CT molecular complexity index is 533. The number of nitrogens with zero attached hydrogens (tertiary/aromatic N) is 1. The highest BCUT2D eigenvalue weighted by atomic mass is 32.2. The van der Waals surface area contributed by atoms with Gasteiger partial charge in [0.2, 0.25) is 10.0 Å². The predicted molar refractivity (Wildman–Crippen MR) is 80.0 cm³/mol. The summed E-state index contributed by atoms with van der Waals surface area (Å²) in [5.41, 5.74) is -0.0424. The summed E-state index contributed by atoms with van der Waals surface area (Å²) >= 11 is 0. The Morgan fingerprint density at radius 3 is 2.20 bits per heavy atom. The topological polar surface area (TPSA) is 69.6 Å². The van der Waals surface area contributed by atoms with Crippen LogP contribution in [0, 0.1) is 0 Å². The van der Waals surface area contributed by atoms with Crippen LogP contribution in [0.15, 0.2) is 29.2 Å². The molecule has 1 aromatic carbocycles. The summed E-state index contributed by atoms with van der Waals surface area (Å²) in [5, 5.41) is 12.8. The van der Waals surface area contributed by atoms with E-state index in [2.05, 4.69) is 5.32 Å². The van der Waals surface area contributed by atoms with E-state index in [1.54, 1.807) is 38.1 Å². The zero-order valence-corrected chi connectivity index (χ0v) is 13.5. The average Bonchev–Trinajstić information content (AvgIpc) is 2.36. The number of likely N-dealkylation sites (N-methyl/N-ethyl adjacent to an activating group) is 1. The lowest BCUT2D eigenvalue weighted by molar-refractivity contribution is 0.0640. The number of nitrogens with one attached hydrogen (secondary N) is 1. The van der Waals surface area contributed by atoms with Gasteiger partial charge in [0, 0.05) is 19.6 Å². The van der Waals surface area contributed by atoms with Gasteiger partial charge in [0.1, 0.15) is 0 Å². The molecule has 0 saturated carbocycles. The molecule has 0 aliphatic heterocycles. The molecule has 5 nitrogen and oxygen atoms in total. The Balaban J connectivity index is 2.99. The van der Waals surface area contributed by atoms with Gasteiger partial charge in [0.05, 0.1) is 10.5 Å². The SMILES string of the molecule is CNC(C)c1ccc(S(=O)(=O)N(C)CC(C)(C)O)cc1. The maximum Gasteiger partial charge on any atom is 0.242 e. The molecule has 1 unspecified atom stereocenters. The van der Waals surface area contributed by atoms with Crippen LogP contribution < -0.4 is 5.32 Å². The number of benzene rings is 1. The standard InChI is InChI=1S/C14H24N2O3S/c1-11(15-4)12-6-8-13(9-7-12)20(18,19)16(5)10-14(2,3)17/h6-9,11,15,17H,10H2,1-5H3. The smallest absolute Gasteiger partial charge is 0.242 e. The van der Waals surface area contributed by atoms with Crippen molar-refractivity contribution in [3.8, 4) is 0 Å². The molecule has 0 saturated heterocycles. The lowest BCUT2D eigenvalue weighted by atomic mass is 10.1. The second kappa shape index (κ2) is 6.22. The number of hydrogen-bond acceptors (Lipinski definition) is 4. The molecule has 0 spiro atoms. The zero-order chi connectivity index (χ0) is 15.6. The Labute approximate surface area is 121 Å². The van der Waals surface area contributed by atoms with Crippen molar-refractivity contribution in [3.63, 3.8) is 0 Å². The van der Waals surface area contributed by atoms with E-state index in [-0.39, 0.29) is 17.5 Å². The molecule has 20 heavy (non-hydrogen) atoms. The second-order valence-electron chi connectivity index (χ2n) is 5.65. The molecule has 6 heteroatoms. The molecule has 1 atom stereocenters. The first-order chi connectivity index (χ1) is 9.08. The Kier molecular flexibility index (Phi) is 5.32. The van der Waals surface area contributed by atoms with Crippen molar-refractivity contribution in [2.24, 2.45) is 0 Å². The molecule has 0 aliphatic rings. The molecule has 0 aromatic heterocycles. The van der Waals surface area contributed by atoms with Crippen LogP contribution >= 0.6 is 0 Å². The van der Waals surface area contributed by atoms with Crippen LogP contribution in [0.2, 0.25) is 0 Å². The molecule has 2 N–H and O–H groups in total. The summed E-state index contributed by atoms with van der Waals surface area (Å²) in [6.07, 6.45) is 0. The third-order valence-electron chi connectivity index (χ3n) is 3.13. The fraction of sp³-hybridized carbons (Fsp3) is 0.571. The van der Waals surface area contributed by atoms with Crippen LogP contribution in [-0.4, -0.2) is 44.1 Å². The van der Waals surface area contributed by atoms with Crippen LogP contribution in [0.5, 0.6) is 0 Å². The van der Waals surface area contributed by atoms with Gasteiger partial charge in [0.15, 0.2) is 0 Å². The van der Waals surface area contributed by atoms with Gasteiger partial charge >= 0.3 is 0 Å². The predicted octanol–water partition coefficient (Wildman–Crippen LogP) is 1.36. The van der Waals surface area contributed by atoms with Crippen LogP contribution in [0.25, 0.3) is 0 Å². The maximum absolute atomic E-state index is 12.4. The van der Waals surface area contributed by atoms with E-state index in [0.29, 0.717) is 0 Å². The van der Waals surface area contributed by atoms with Crippen molar-refractivity contribution < 1.29 is 13.5 Å². The van der Waals surface area contributed by atoms with Gasteiger partial charge in [-0.3, -0.25) is 0 Å². The van der Waals surface area contributed by atoms with E-state index < -0.39 is 15.6 Å². The highest BCUT2D eigenvalue weighted by molar-refractivity contribution is 7.89. The molecule has 0 radical (unpaired) electrons. The Morgan fingerprint density at radius 1 is 1.30 bits per heavy atom. The van der Waals surface area contributed by atoms with Gasteiger partial charge in [-0.05, 0) is 45.5 Å². The van der Waals surface area contributed by atoms with Gasteiger partial charge in [0.25, 0.3) is 0 Å². The second-order valence-corrected chi connectivity index (χ2v) is 7.70. The quantitative estimate of drug-likeness (QED) is 0.832. The summed E-state index contributed by atoms with van der Waals surface area (Å²) in [4.78, 5) is 0.233. The van der Waals surface area contributed by atoms with E-state index in [1.807, 2.05) is 14.0 Å². The summed E-state index contributed by atoms with van der Waals surface area (Å²) in [6.45, 7) is 5.21. The lowest BCUT2D eigenvalue weighted by Crippen LogP contribution is -2.39. The minimum Gasteiger partial charge on any atom is -0.389 e. The molecule has 1 rings (SSSR count). The third kappa shape index (κ3) is 4.28. The van der Waals surface area contributed by atoms with Gasteiger partial charge < -0.3 is 10.4 Å². The normalized spacial score (nSPS) is 14.6. The summed E-state index contributed by atoms with van der Waals surface area (Å²) in [5.74, 6) is 0. The van der Waals surface area contributed by atoms with Crippen LogP contribution in [0.3, 0.4) is 0 Å². The fourth-order valence-electron chi connectivity index (χ4n) is 1.90. The van der Waals surface area contributed by atoms with Gasteiger partial charge in [-0.2, -0.15) is 4.31 Å². The van der Waals surface area contributed by atoms with E-state index in [9.17, 15) is 13.5 Å². The third-order valence-corrected chi connectivity index (χ3v) is 4.95. The van der Waals surface area contributed by atoms with Crippen LogP contribution in [-0.2, 0) is 10.0 Å². The number of hydrogen-bond donors (Lipinski definition) is 2. The minimum atomic E-state index is -3.57. The molecular weight excluding hydrogens is 276 g/mol. The van der Waals surface area contributed by atoms with Crippen molar-refractivity contribution in [3.05, 3.63) is 29.8 Å². The van der Waals surface area contributed by atoms with E-state index in [4.69, 9.17) is 0 Å². The fourth-order valence-corrected chi connectivity index (χ4v) is 3.23.